The van der Waals surface area contributed by atoms with Gasteiger partial charge in [-0.15, -0.1) is 11.3 Å². The summed E-state index contributed by atoms with van der Waals surface area (Å²) in [5, 5.41) is 6.69. The van der Waals surface area contributed by atoms with E-state index in [4.69, 9.17) is 4.98 Å². The summed E-state index contributed by atoms with van der Waals surface area (Å²) in [6, 6.07) is 8.41. The fourth-order valence-electron chi connectivity index (χ4n) is 1.78. The molecule has 0 saturated heterocycles. The number of rotatable bonds is 5. The average Bonchev–Trinajstić information content (AvgIpc) is 2.79. The van der Waals surface area contributed by atoms with Crippen molar-refractivity contribution in [1.29, 1.82) is 0 Å². The topological polar surface area (TPSA) is 24.9 Å². The molecule has 17 heavy (non-hydrogen) atoms. The number of hydrogen-bond donors (Lipinski definition) is 1. The number of hydrogen-bond acceptors (Lipinski definition) is 3. The Kier molecular flexibility index (Phi) is 4.29. The first-order chi connectivity index (χ1) is 8.31. The Hall–Kier alpha value is -1.19. The molecule has 1 aromatic carbocycles. The van der Waals surface area contributed by atoms with Gasteiger partial charge in [0.25, 0.3) is 0 Å². The van der Waals surface area contributed by atoms with Crippen molar-refractivity contribution in [1.82, 2.24) is 10.3 Å². The van der Waals surface area contributed by atoms with Crippen molar-refractivity contribution >= 4 is 11.3 Å². The molecule has 0 saturated carbocycles. The van der Waals surface area contributed by atoms with Crippen molar-refractivity contribution in [3.8, 4) is 11.3 Å². The number of aryl methyl sites for hydroxylation is 1. The van der Waals surface area contributed by atoms with E-state index in [1.165, 1.54) is 16.1 Å². The summed E-state index contributed by atoms with van der Waals surface area (Å²) in [7, 11) is 0. The van der Waals surface area contributed by atoms with Gasteiger partial charge in [0, 0.05) is 23.9 Å². The van der Waals surface area contributed by atoms with Crippen molar-refractivity contribution in [3.63, 3.8) is 0 Å². The molecule has 0 unspecified atom stereocenters. The molecule has 0 aliphatic heterocycles. The van der Waals surface area contributed by atoms with E-state index < -0.39 is 0 Å². The maximum Gasteiger partial charge on any atom is 0.0945 e. The van der Waals surface area contributed by atoms with Gasteiger partial charge in [0.15, 0.2) is 0 Å². The van der Waals surface area contributed by atoms with Crippen molar-refractivity contribution < 1.29 is 0 Å². The molecule has 0 atom stereocenters. The molecule has 1 heterocycles. The molecule has 1 aromatic heterocycles. The van der Waals surface area contributed by atoms with Crippen LogP contribution in [0, 0.1) is 6.92 Å². The van der Waals surface area contributed by atoms with E-state index in [0.717, 1.165) is 25.2 Å². The van der Waals surface area contributed by atoms with Crippen LogP contribution in [0.25, 0.3) is 11.3 Å². The number of aromatic nitrogens is 1. The Balaban J connectivity index is 2.10. The third kappa shape index (κ3) is 3.14. The fraction of sp³-hybridized carbons (Fsp3) is 0.357. The minimum atomic E-state index is 1.01. The monoisotopic (exact) mass is 246 g/mol. The van der Waals surface area contributed by atoms with Gasteiger partial charge in [-0.1, -0.05) is 31.2 Å². The largest absolute Gasteiger partial charge is 0.317 e. The van der Waals surface area contributed by atoms with Gasteiger partial charge in [0.1, 0.15) is 0 Å². The van der Waals surface area contributed by atoms with Crippen LogP contribution < -0.4 is 5.32 Å². The van der Waals surface area contributed by atoms with Crippen molar-refractivity contribution in [3.05, 3.63) is 40.2 Å². The predicted octanol–water partition coefficient (Wildman–Crippen LogP) is 3.27. The summed E-state index contributed by atoms with van der Waals surface area (Å²) >= 11 is 1.75. The third-order valence-electron chi connectivity index (χ3n) is 2.74. The minimum absolute atomic E-state index is 1.01. The molecular weight excluding hydrogens is 228 g/mol. The van der Waals surface area contributed by atoms with Crippen LogP contribution in [-0.4, -0.2) is 18.1 Å². The highest BCUT2D eigenvalue weighted by Gasteiger charge is 2.06. The molecular formula is C14H18N2S. The van der Waals surface area contributed by atoms with Gasteiger partial charge in [0.2, 0.25) is 0 Å². The quantitative estimate of drug-likeness (QED) is 0.819. The second-order valence-corrected chi connectivity index (χ2v) is 4.99. The summed E-state index contributed by atoms with van der Waals surface area (Å²) in [4.78, 5) is 4.69. The summed E-state index contributed by atoms with van der Waals surface area (Å²) in [5.41, 5.74) is 3.65. The lowest BCUT2D eigenvalue weighted by Crippen LogP contribution is -2.15. The highest BCUT2D eigenvalue weighted by atomic mass is 32.1. The Morgan fingerprint density at radius 3 is 2.88 bits per heavy atom. The Labute approximate surface area is 107 Å². The van der Waals surface area contributed by atoms with Crippen molar-refractivity contribution in [2.45, 2.75) is 20.3 Å². The zero-order valence-corrected chi connectivity index (χ0v) is 11.2. The molecule has 2 rings (SSSR count). The van der Waals surface area contributed by atoms with Gasteiger partial charge in [-0.05, 0) is 19.0 Å². The number of benzene rings is 1. The van der Waals surface area contributed by atoms with Crippen LogP contribution in [0.1, 0.15) is 17.5 Å². The highest BCUT2D eigenvalue weighted by Crippen LogP contribution is 2.24. The van der Waals surface area contributed by atoms with Gasteiger partial charge in [-0.2, -0.15) is 0 Å². The predicted molar refractivity (Wildman–Crippen MR) is 74.5 cm³/mol. The van der Waals surface area contributed by atoms with E-state index in [9.17, 15) is 0 Å². The molecule has 0 amide bonds. The average molecular weight is 246 g/mol. The molecule has 90 valence electrons. The summed E-state index contributed by atoms with van der Waals surface area (Å²) in [5.74, 6) is 0. The van der Waals surface area contributed by atoms with Gasteiger partial charge in [-0.25, -0.2) is 4.98 Å². The molecule has 0 bridgehead atoms. The summed E-state index contributed by atoms with van der Waals surface area (Å²) in [6.07, 6.45) is 1.02. The van der Waals surface area contributed by atoms with E-state index in [-0.39, 0.29) is 0 Å². The lowest BCUT2D eigenvalue weighted by atomic mass is 10.1. The van der Waals surface area contributed by atoms with Crippen LogP contribution in [0.3, 0.4) is 0 Å². The van der Waals surface area contributed by atoms with E-state index in [0.29, 0.717) is 0 Å². The van der Waals surface area contributed by atoms with Crippen LogP contribution in [-0.2, 0) is 6.42 Å². The maximum absolute atomic E-state index is 4.69. The smallest absolute Gasteiger partial charge is 0.0945 e. The highest BCUT2D eigenvalue weighted by molar-refractivity contribution is 7.09. The number of thiazole rings is 1. The van der Waals surface area contributed by atoms with Gasteiger partial charge in [0.05, 0.1) is 10.7 Å². The number of nitrogens with one attached hydrogen (secondary N) is 1. The van der Waals surface area contributed by atoms with Crippen LogP contribution in [0.5, 0.6) is 0 Å². The molecule has 2 nitrogen and oxygen atoms in total. The van der Waals surface area contributed by atoms with Gasteiger partial charge >= 0.3 is 0 Å². The first-order valence-corrected chi connectivity index (χ1v) is 6.90. The second kappa shape index (κ2) is 5.94. The first kappa shape index (κ1) is 12.3. The van der Waals surface area contributed by atoms with E-state index in [2.05, 4.69) is 48.8 Å². The molecule has 2 aromatic rings. The van der Waals surface area contributed by atoms with Crippen LogP contribution in [0.15, 0.2) is 29.6 Å². The maximum atomic E-state index is 4.69. The molecule has 3 heteroatoms. The lowest BCUT2D eigenvalue weighted by Gasteiger charge is -2.01. The number of nitrogens with zero attached hydrogens (tertiary/aromatic N) is 1. The standard InChI is InChI=1S/C14H18N2S/c1-3-15-9-8-14-16-13(10-17-14)12-7-5-4-6-11(12)2/h4-7,10,15H,3,8-9H2,1-2H3. The normalized spacial score (nSPS) is 10.7. The van der Waals surface area contributed by atoms with Gasteiger partial charge < -0.3 is 5.32 Å². The molecule has 1 N–H and O–H groups in total. The molecule has 0 radical (unpaired) electrons. The molecule has 0 fully saturated rings. The third-order valence-corrected chi connectivity index (χ3v) is 3.65. The van der Waals surface area contributed by atoms with Crippen LogP contribution >= 0.6 is 11.3 Å². The van der Waals surface area contributed by atoms with Crippen molar-refractivity contribution in [2.75, 3.05) is 13.1 Å². The zero-order valence-electron chi connectivity index (χ0n) is 10.4. The van der Waals surface area contributed by atoms with E-state index in [1.807, 2.05) is 0 Å². The minimum Gasteiger partial charge on any atom is -0.317 e. The first-order valence-electron chi connectivity index (χ1n) is 6.02. The molecule has 0 aliphatic carbocycles. The Morgan fingerprint density at radius 1 is 1.29 bits per heavy atom. The summed E-state index contributed by atoms with van der Waals surface area (Å²) in [6.45, 7) is 6.29. The fourth-order valence-corrected chi connectivity index (χ4v) is 2.58. The van der Waals surface area contributed by atoms with E-state index in [1.54, 1.807) is 11.3 Å². The Bertz CT molecular complexity index is 477. The molecule has 0 spiro atoms. The molecule has 0 aliphatic rings. The zero-order chi connectivity index (χ0) is 12.1. The van der Waals surface area contributed by atoms with Crippen LogP contribution in [0.2, 0.25) is 0 Å². The SMILES string of the molecule is CCNCCc1nc(-c2ccccc2C)cs1. The van der Waals surface area contributed by atoms with Gasteiger partial charge in [-0.3, -0.25) is 0 Å². The van der Waals surface area contributed by atoms with Crippen LogP contribution in [0.4, 0.5) is 0 Å². The second-order valence-electron chi connectivity index (χ2n) is 4.04. The lowest BCUT2D eigenvalue weighted by molar-refractivity contribution is 0.714. The summed E-state index contributed by atoms with van der Waals surface area (Å²) < 4.78 is 0. The number of likely N-dealkylation sites (N-methyl/N-ethyl adjacent to an activating group) is 1. The Morgan fingerprint density at radius 2 is 2.12 bits per heavy atom. The van der Waals surface area contributed by atoms with Crippen molar-refractivity contribution in [2.24, 2.45) is 0 Å². The van der Waals surface area contributed by atoms with E-state index >= 15 is 0 Å².